The van der Waals surface area contributed by atoms with Crippen LogP contribution in [-0.2, 0) is 28.6 Å². The highest BCUT2D eigenvalue weighted by atomic mass is 16.6. The lowest BCUT2D eigenvalue weighted by molar-refractivity contribution is -0.166. The van der Waals surface area contributed by atoms with Gasteiger partial charge in [-0.15, -0.1) is 0 Å². The molecule has 0 aromatic heterocycles. The standard InChI is InChI=1S/C56H84O6/c1-4-7-10-13-16-19-21-23-25-27-29-30-32-34-37-40-43-46-49-55(58)61-52-53(51-60-54(57)48-45-42-39-36-18-15-12-9-6-3)62-56(59)50-47-44-41-38-35-33-31-28-26-24-22-20-17-14-11-8-5-2/h9-10,12-13,16-21,23-27,29-31,33,36,38,41-42,45,53H,4-8,11,14-15,22,28,32,34-35,37,39-40,43-44,46-52H2,1-3H3/b12-9-,13-10-,19-16-,20-17-,23-21-,26-24-,27-25-,30-29-,33-31-,36-18-,41-38-,45-42-. The van der Waals surface area contributed by atoms with Crippen molar-refractivity contribution in [3.05, 3.63) is 146 Å². The van der Waals surface area contributed by atoms with Crippen LogP contribution >= 0.6 is 0 Å². The van der Waals surface area contributed by atoms with Crippen LogP contribution in [0.2, 0.25) is 0 Å². The molecule has 6 nitrogen and oxygen atoms in total. The number of unbranched alkanes of at least 4 members (excludes halogenated alkanes) is 10. The minimum atomic E-state index is -0.858. The summed E-state index contributed by atoms with van der Waals surface area (Å²) in [6, 6.07) is 0. The molecule has 0 saturated carbocycles. The van der Waals surface area contributed by atoms with Crippen molar-refractivity contribution in [2.45, 2.75) is 175 Å². The first-order valence-corrected chi connectivity index (χ1v) is 23.9. The molecule has 0 aliphatic carbocycles. The number of esters is 3. The summed E-state index contributed by atoms with van der Waals surface area (Å²) in [6.07, 6.45) is 70.1. The highest BCUT2D eigenvalue weighted by Gasteiger charge is 2.19. The van der Waals surface area contributed by atoms with Crippen LogP contribution in [0.1, 0.15) is 168 Å². The molecule has 6 heteroatoms. The van der Waals surface area contributed by atoms with E-state index in [1.165, 1.54) is 32.1 Å². The molecule has 0 aromatic rings. The Balaban J connectivity index is 4.59. The van der Waals surface area contributed by atoms with E-state index < -0.39 is 18.0 Å². The van der Waals surface area contributed by atoms with E-state index in [1.807, 2.05) is 42.5 Å². The van der Waals surface area contributed by atoms with E-state index in [0.29, 0.717) is 12.8 Å². The topological polar surface area (TPSA) is 78.9 Å². The van der Waals surface area contributed by atoms with E-state index in [0.717, 1.165) is 89.9 Å². The van der Waals surface area contributed by atoms with Gasteiger partial charge in [-0.1, -0.05) is 205 Å². The highest BCUT2D eigenvalue weighted by molar-refractivity contribution is 5.72. The van der Waals surface area contributed by atoms with E-state index in [-0.39, 0.29) is 32.0 Å². The summed E-state index contributed by atoms with van der Waals surface area (Å²) in [5.74, 6) is -1.17. The van der Waals surface area contributed by atoms with Crippen LogP contribution in [0, 0.1) is 0 Å². The Kier molecular flexibility index (Phi) is 45.2. The largest absolute Gasteiger partial charge is 0.462 e. The number of carbonyl (C=O) groups excluding carboxylic acids is 3. The third-order valence-electron chi connectivity index (χ3n) is 9.19. The van der Waals surface area contributed by atoms with Gasteiger partial charge >= 0.3 is 17.9 Å². The minimum Gasteiger partial charge on any atom is -0.462 e. The average Bonchev–Trinajstić information content (AvgIpc) is 3.27. The summed E-state index contributed by atoms with van der Waals surface area (Å²) < 4.78 is 16.5. The van der Waals surface area contributed by atoms with Gasteiger partial charge in [-0.3, -0.25) is 14.4 Å². The van der Waals surface area contributed by atoms with Crippen molar-refractivity contribution in [1.82, 2.24) is 0 Å². The van der Waals surface area contributed by atoms with Crippen LogP contribution in [0.25, 0.3) is 0 Å². The number of rotatable bonds is 40. The molecule has 0 aromatic carbocycles. The van der Waals surface area contributed by atoms with Crippen molar-refractivity contribution in [1.29, 1.82) is 0 Å². The van der Waals surface area contributed by atoms with Gasteiger partial charge in [0.25, 0.3) is 0 Å². The van der Waals surface area contributed by atoms with Gasteiger partial charge in [0.15, 0.2) is 6.10 Å². The van der Waals surface area contributed by atoms with Crippen molar-refractivity contribution >= 4 is 17.9 Å². The monoisotopic (exact) mass is 853 g/mol. The van der Waals surface area contributed by atoms with E-state index in [2.05, 4.69) is 118 Å². The van der Waals surface area contributed by atoms with Gasteiger partial charge in [0.05, 0.1) is 6.42 Å². The Morgan fingerprint density at radius 3 is 1.39 bits per heavy atom. The van der Waals surface area contributed by atoms with Gasteiger partial charge in [-0.25, -0.2) is 0 Å². The molecule has 0 radical (unpaired) electrons. The van der Waals surface area contributed by atoms with E-state index in [9.17, 15) is 14.4 Å². The van der Waals surface area contributed by atoms with E-state index in [1.54, 1.807) is 6.08 Å². The van der Waals surface area contributed by atoms with Crippen LogP contribution in [0.4, 0.5) is 0 Å². The maximum absolute atomic E-state index is 12.7. The van der Waals surface area contributed by atoms with Gasteiger partial charge in [-0.05, 0) is 89.9 Å². The molecule has 1 unspecified atom stereocenters. The lowest BCUT2D eigenvalue weighted by atomic mass is 10.1. The molecule has 0 rings (SSSR count). The molecule has 0 bridgehead atoms. The second-order valence-corrected chi connectivity index (χ2v) is 15.1. The fraction of sp³-hybridized carbons (Fsp3) is 0.518. The average molecular weight is 853 g/mol. The lowest BCUT2D eigenvalue weighted by Crippen LogP contribution is -2.30. The van der Waals surface area contributed by atoms with Crippen molar-refractivity contribution in [3.63, 3.8) is 0 Å². The van der Waals surface area contributed by atoms with Crippen molar-refractivity contribution in [2.24, 2.45) is 0 Å². The smallest absolute Gasteiger partial charge is 0.309 e. The summed E-state index contributed by atoms with van der Waals surface area (Å²) in [4.78, 5) is 37.7. The normalized spacial score (nSPS) is 13.4. The Labute approximate surface area is 378 Å². The zero-order valence-corrected chi connectivity index (χ0v) is 39.1. The van der Waals surface area contributed by atoms with Crippen molar-refractivity contribution < 1.29 is 28.6 Å². The maximum Gasteiger partial charge on any atom is 0.309 e. The molecule has 62 heavy (non-hydrogen) atoms. The van der Waals surface area contributed by atoms with Gasteiger partial charge in [0.2, 0.25) is 0 Å². The molecule has 0 amide bonds. The van der Waals surface area contributed by atoms with Crippen LogP contribution in [0.3, 0.4) is 0 Å². The fourth-order valence-electron chi connectivity index (χ4n) is 5.64. The van der Waals surface area contributed by atoms with Crippen molar-refractivity contribution in [3.8, 4) is 0 Å². The predicted molar refractivity (Wildman–Crippen MR) is 265 cm³/mol. The second-order valence-electron chi connectivity index (χ2n) is 15.1. The highest BCUT2D eigenvalue weighted by Crippen LogP contribution is 2.10. The fourth-order valence-corrected chi connectivity index (χ4v) is 5.64. The molecule has 0 fully saturated rings. The Morgan fingerprint density at radius 1 is 0.371 bits per heavy atom. The Hall–Kier alpha value is -4.71. The van der Waals surface area contributed by atoms with Gasteiger partial charge in [0, 0.05) is 12.8 Å². The van der Waals surface area contributed by atoms with E-state index in [4.69, 9.17) is 14.2 Å². The third-order valence-corrected chi connectivity index (χ3v) is 9.19. The van der Waals surface area contributed by atoms with Gasteiger partial charge in [0.1, 0.15) is 13.2 Å². The number of hydrogen-bond acceptors (Lipinski definition) is 6. The summed E-state index contributed by atoms with van der Waals surface area (Å²) in [5, 5.41) is 0. The first kappa shape index (κ1) is 57.3. The third kappa shape index (κ3) is 46.4. The zero-order chi connectivity index (χ0) is 45.1. The minimum absolute atomic E-state index is 0.111. The number of hydrogen-bond donors (Lipinski definition) is 0. The van der Waals surface area contributed by atoms with Crippen molar-refractivity contribution in [2.75, 3.05) is 13.2 Å². The molecule has 0 heterocycles. The molecule has 0 aliphatic heterocycles. The van der Waals surface area contributed by atoms with Crippen LogP contribution < -0.4 is 0 Å². The second kappa shape index (κ2) is 49.0. The Morgan fingerprint density at radius 2 is 0.806 bits per heavy atom. The SMILES string of the molecule is CC/C=C\C/C=C\C/C=C\CC(=O)OCC(COC(=O)CCCCCCC\C=C/C=C\C=C/C=C\C=C/CCC)OC(=O)CCC/C=C\C/C=C\C/C=C\C/C=C\CCCCC. The predicted octanol–water partition coefficient (Wildman–Crippen LogP) is 15.7. The summed E-state index contributed by atoms with van der Waals surface area (Å²) in [6.45, 7) is 6.20. The summed E-state index contributed by atoms with van der Waals surface area (Å²) in [5.41, 5.74) is 0. The lowest BCUT2D eigenvalue weighted by Gasteiger charge is -2.18. The molecular weight excluding hydrogens is 769 g/mol. The van der Waals surface area contributed by atoms with Crippen LogP contribution in [-0.4, -0.2) is 37.2 Å². The zero-order valence-electron chi connectivity index (χ0n) is 39.1. The van der Waals surface area contributed by atoms with Gasteiger partial charge < -0.3 is 14.2 Å². The van der Waals surface area contributed by atoms with Crippen LogP contribution in [0.5, 0.6) is 0 Å². The first-order chi connectivity index (χ1) is 30.5. The molecule has 0 spiro atoms. The molecule has 0 saturated heterocycles. The molecular formula is C56H84O6. The Bertz CT molecular complexity index is 1440. The number of allylic oxidation sites excluding steroid dienone is 23. The summed E-state index contributed by atoms with van der Waals surface area (Å²) >= 11 is 0. The molecule has 1 atom stereocenters. The number of carbonyl (C=O) groups is 3. The molecule has 344 valence electrons. The molecule has 0 N–H and O–H groups in total. The first-order valence-electron chi connectivity index (χ1n) is 23.9. The summed E-state index contributed by atoms with van der Waals surface area (Å²) in [7, 11) is 0. The van der Waals surface area contributed by atoms with Gasteiger partial charge in [-0.2, -0.15) is 0 Å². The van der Waals surface area contributed by atoms with E-state index >= 15 is 0 Å². The van der Waals surface area contributed by atoms with Crippen LogP contribution in [0.15, 0.2) is 146 Å². The number of ether oxygens (including phenoxy) is 3. The maximum atomic E-state index is 12.7. The molecule has 0 aliphatic rings. The quantitative estimate of drug-likeness (QED) is 0.0201.